The number of aliphatic hydroxyl groups excluding tert-OH is 2. The Morgan fingerprint density at radius 1 is 0.482 bits per heavy atom. The molecule has 0 saturated carbocycles. The summed E-state index contributed by atoms with van der Waals surface area (Å²) in [7, 11) is 0. The van der Waals surface area contributed by atoms with E-state index in [4.69, 9.17) is 4.74 Å². The Hall–Kier alpha value is -1.66. The molecule has 2 atom stereocenters. The summed E-state index contributed by atoms with van der Waals surface area (Å²) in [4.78, 5) is 24.3. The van der Waals surface area contributed by atoms with Gasteiger partial charge >= 0.3 is 5.97 Å². The van der Waals surface area contributed by atoms with Crippen molar-refractivity contribution in [2.75, 3.05) is 13.2 Å². The predicted molar refractivity (Wildman–Crippen MR) is 241 cm³/mol. The number of aliphatic hydroxyl groups is 2. The van der Waals surface area contributed by atoms with Crippen molar-refractivity contribution in [2.24, 2.45) is 0 Å². The van der Waals surface area contributed by atoms with E-state index in [-0.39, 0.29) is 18.5 Å². The minimum atomic E-state index is -0.845. The molecule has 2 unspecified atom stereocenters. The van der Waals surface area contributed by atoms with Crippen molar-refractivity contribution in [3.05, 3.63) is 24.3 Å². The molecule has 0 aliphatic carbocycles. The number of hydrogen-bond acceptors (Lipinski definition) is 5. The predicted octanol–water partition coefficient (Wildman–Crippen LogP) is 14.3. The molecule has 0 aromatic carbocycles. The zero-order valence-electron chi connectivity index (χ0n) is 37.4. The number of allylic oxidation sites excluding steroid dienone is 3. The molecule has 0 heterocycles. The average molecular weight is 790 g/mol. The molecule has 0 fully saturated rings. The van der Waals surface area contributed by atoms with Crippen LogP contribution in [0.2, 0.25) is 0 Å². The van der Waals surface area contributed by atoms with Gasteiger partial charge < -0.3 is 20.3 Å². The quantitative estimate of drug-likeness (QED) is 0.0324. The van der Waals surface area contributed by atoms with Crippen LogP contribution in [0, 0.1) is 0 Å². The molecule has 0 aliphatic rings. The van der Waals surface area contributed by atoms with E-state index in [0.29, 0.717) is 19.4 Å². The molecular formula is C50H95NO5. The Labute approximate surface area is 348 Å². The van der Waals surface area contributed by atoms with Gasteiger partial charge in [0.15, 0.2) is 0 Å². The van der Waals surface area contributed by atoms with Crippen LogP contribution >= 0.6 is 0 Å². The number of unbranched alkanes of at least 4 members (excludes halogenated alkanes) is 32. The van der Waals surface area contributed by atoms with E-state index in [1.807, 2.05) is 6.08 Å². The Balaban J connectivity index is 3.43. The third kappa shape index (κ3) is 42.0. The largest absolute Gasteiger partial charge is 0.466 e. The highest BCUT2D eigenvalue weighted by atomic mass is 16.5. The van der Waals surface area contributed by atoms with Gasteiger partial charge in [-0.1, -0.05) is 212 Å². The summed E-state index contributed by atoms with van der Waals surface area (Å²) < 4.78 is 5.45. The number of amides is 1. The molecule has 0 spiro atoms. The molecule has 0 aromatic heterocycles. The maximum absolute atomic E-state index is 12.4. The van der Waals surface area contributed by atoms with Gasteiger partial charge in [-0.2, -0.15) is 0 Å². The van der Waals surface area contributed by atoms with Gasteiger partial charge in [0.1, 0.15) is 0 Å². The van der Waals surface area contributed by atoms with Crippen molar-refractivity contribution in [3.63, 3.8) is 0 Å². The summed E-state index contributed by atoms with van der Waals surface area (Å²) in [5.41, 5.74) is 0. The maximum Gasteiger partial charge on any atom is 0.305 e. The first kappa shape index (κ1) is 54.3. The maximum atomic E-state index is 12.4. The van der Waals surface area contributed by atoms with Crippen LogP contribution in [0.5, 0.6) is 0 Å². The second-order valence-corrected chi connectivity index (χ2v) is 16.8. The highest BCUT2D eigenvalue weighted by Gasteiger charge is 2.18. The molecule has 0 aliphatic heterocycles. The zero-order chi connectivity index (χ0) is 40.8. The Bertz CT molecular complexity index is 874. The lowest BCUT2D eigenvalue weighted by Gasteiger charge is -2.20. The van der Waals surface area contributed by atoms with Crippen LogP contribution in [-0.2, 0) is 14.3 Å². The Kier molecular flexibility index (Phi) is 44.7. The highest BCUT2D eigenvalue weighted by Crippen LogP contribution is 2.16. The van der Waals surface area contributed by atoms with Crippen LogP contribution in [0.3, 0.4) is 0 Å². The van der Waals surface area contributed by atoms with Gasteiger partial charge in [-0.15, -0.1) is 0 Å². The van der Waals surface area contributed by atoms with Crippen molar-refractivity contribution in [1.82, 2.24) is 5.32 Å². The first-order valence-electron chi connectivity index (χ1n) is 24.6. The lowest BCUT2D eigenvalue weighted by atomic mass is 10.0. The van der Waals surface area contributed by atoms with Gasteiger partial charge in [0.25, 0.3) is 0 Å². The third-order valence-corrected chi connectivity index (χ3v) is 11.2. The summed E-state index contributed by atoms with van der Waals surface area (Å²) in [5.74, 6) is -0.0823. The number of ether oxygens (including phenoxy) is 1. The fraction of sp³-hybridized carbons (Fsp3) is 0.880. The molecule has 0 rings (SSSR count). The zero-order valence-corrected chi connectivity index (χ0v) is 37.4. The van der Waals surface area contributed by atoms with Crippen molar-refractivity contribution >= 4 is 11.9 Å². The minimum absolute atomic E-state index is 0.00638. The molecule has 1 amide bonds. The topological polar surface area (TPSA) is 95.9 Å². The molecule has 0 bridgehead atoms. The lowest BCUT2D eigenvalue weighted by molar-refractivity contribution is -0.143. The number of carbonyl (C=O) groups excluding carboxylic acids is 2. The van der Waals surface area contributed by atoms with E-state index in [0.717, 1.165) is 44.9 Å². The van der Waals surface area contributed by atoms with Crippen LogP contribution in [0.25, 0.3) is 0 Å². The van der Waals surface area contributed by atoms with Crippen LogP contribution in [0.15, 0.2) is 24.3 Å². The van der Waals surface area contributed by atoms with E-state index in [2.05, 4.69) is 31.3 Å². The lowest BCUT2D eigenvalue weighted by Crippen LogP contribution is -2.45. The van der Waals surface area contributed by atoms with Crippen LogP contribution in [0.1, 0.15) is 258 Å². The summed E-state index contributed by atoms with van der Waals surface area (Å²) in [6.45, 7) is 4.84. The second kappa shape index (κ2) is 46.0. The first-order chi connectivity index (χ1) is 27.5. The summed E-state index contributed by atoms with van der Waals surface area (Å²) in [6.07, 6.45) is 53.2. The van der Waals surface area contributed by atoms with Gasteiger partial charge in [0.05, 0.1) is 25.4 Å². The third-order valence-electron chi connectivity index (χ3n) is 11.2. The van der Waals surface area contributed by atoms with E-state index < -0.39 is 12.1 Å². The number of hydrogen-bond donors (Lipinski definition) is 3. The average Bonchev–Trinajstić information content (AvgIpc) is 3.20. The van der Waals surface area contributed by atoms with Crippen LogP contribution in [-0.4, -0.2) is 47.4 Å². The van der Waals surface area contributed by atoms with Crippen molar-refractivity contribution < 1.29 is 24.5 Å². The van der Waals surface area contributed by atoms with E-state index in [1.54, 1.807) is 6.08 Å². The van der Waals surface area contributed by atoms with Crippen molar-refractivity contribution in [3.8, 4) is 0 Å². The molecule has 0 aromatic rings. The molecule has 6 heteroatoms. The number of carbonyl (C=O) groups is 2. The number of nitrogens with one attached hydrogen (secondary N) is 1. The number of esters is 1. The van der Waals surface area contributed by atoms with Gasteiger partial charge in [0, 0.05) is 12.8 Å². The molecule has 3 N–H and O–H groups in total. The Morgan fingerprint density at radius 3 is 1.30 bits per heavy atom. The fourth-order valence-electron chi connectivity index (χ4n) is 7.39. The van der Waals surface area contributed by atoms with E-state index >= 15 is 0 Å². The normalized spacial score (nSPS) is 12.9. The standard InChI is InChI=1S/C50H95NO5/c1-3-5-7-9-11-13-15-24-28-32-36-40-44-50(55)56-45-41-37-33-29-25-22-20-18-16-17-19-21-23-27-31-35-39-43-49(54)51-47(46-52)48(53)42-38-34-30-26-14-12-10-8-6-4-2/h11,13,38,42,47-48,52-53H,3-10,12,14-37,39-41,43-46H2,1-2H3,(H,51,54)/b13-11-,42-38+. The molecule has 6 nitrogen and oxygen atoms in total. The monoisotopic (exact) mass is 790 g/mol. The highest BCUT2D eigenvalue weighted by molar-refractivity contribution is 5.76. The van der Waals surface area contributed by atoms with Crippen LogP contribution < -0.4 is 5.32 Å². The molecular weight excluding hydrogens is 695 g/mol. The SMILES string of the molecule is CCCCC/C=C\CCCCCCCC(=O)OCCCCCCCCCCCCCCCCCCCC(=O)NC(CO)C(O)/C=C/CCCCCCCCCC. The summed E-state index contributed by atoms with van der Waals surface area (Å²) in [5, 5.41) is 22.9. The smallest absolute Gasteiger partial charge is 0.305 e. The van der Waals surface area contributed by atoms with Gasteiger partial charge in [-0.25, -0.2) is 0 Å². The molecule has 330 valence electrons. The Morgan fingerprint density at radius 2 is 0.839 bits per heavy atom. The van der Waals surface area contributed by atoms with Gasteiger partial charge in [-0.05, 0) is 57.8 Å². The molecule has 56 heavy (non-hydrogen) atoms. The molecule has 0 saturated heterocycles. The summed E-state index contributed by atoms with van der Waals surface area (Å²) in [6, 6.07) is -0.629. The second-order valence-electron chi connectivity index (χ2n) is 16.8. The molecule has 0 radical (unpaired) electrons. The van der Waals surface area contributed by atoms with Gasteiger partial charge in [0.2, 0.25) is 5.91 Å². The minimum Gasteiger partial charge on any atom is -0.466 e. The first-order valence-corrected chi connectivity index (χ1v) is 24.6. The van der Waals surface area contributed by atoms with Gasteiger partial charge in [-0.3, -0.25) is 9.59 Å². The van der Waals surface area contributed by atoms with E-state index in [1.165, 1.54) is 186 Å². The summed E-state index contributed by atoms with van der Waals surface area (Å²) >= 11 is 0. The van der Waals surface area contributed by atoms with Crippen LogP contribution in [0.4, 0.5) is 0 Å². The van der Waals surface area contributed by atoms with E-state index in [9.17, 15) is 19.8 Å². The fourth-order valence-corrected chi connectivity index (χ4v) is 7.39. The van der Waals surface area contributed by atoms with Crippen molar-refractivity contribution in [2.45, 2.75) is 270 Å². The van der Waals surface area contributed by atoms with Crippen molar-refractivity contribution in [1.29, 1.82) is 0 Å². The number of rotatable bonds is 45.